The fraction of sp³-hybridized carbons (Fsp3) is 0.750. The van der Waals surface area contributed by atoms with Crippen molar-refractivity contribution in [3.63, 3.8) is 0 Å². The number of nitrogens with two attached hydrogens (primary N) is 1. The Morgan fingerprint density at radius 3 is 2.21 bits per heavy atom. The smallest absolute Gasteiger partial charge is 0.320 e. The first-order chi connectivity index (χ1) is 6.49. The molecule has 0 aliphatic rings. The van der Waals surface area contributed by atoms with Crippen LogP contribution in [0.5, 0.6) is 0 Å². The maximum absolute atomic E-state index is 11.8. The second-order valence-electron chi connectivity index (χ2n) is 3.05. The van der Waals surface area contributed by atoms with Gasteiger partial charge in [-0.25, -0.2) is 0 Å². The first-order valence-electron chi connectivity index (χ1n) is 4.26. The van der Waals surface area contributed by atoms with Crippen LogP contribution in [-0.2, 0) is 9.59 Å². The van der Waals surface area contributed by atoms with E-state index in [4.69, 9.17) is 15.9 Å². The van der Waals surface area contributed by atoms with E-state index in [0.29, 0.717) is 0 Å². The number of carboxylic acid groups (broad SMARTS) is 2. The van der Waals surface area contributed by atoms with Crippen LogP contribution in [0.3, 0.4) is 0 Å². The van der Waals surface area contributed by atoms with E-state index in [0.717, 1.165) is 0 Å². The number of hydrogen-bond donors (Lipinski definition) is 3. The van der Waals surface area contributed by atoms with Crippen LogP contribution in [0.25, 0.3) is 0 Å². The number of rotatable bonds is 7. The molecule has 5 nitrogen and oxygen atoms in total. The SMILES string of the molecule is N[C@@H](C[C@H](CCC[19F])C(=O)O)C(=O)O. The Morgan fingerprint density at radius 1 is 1.29 bits per heavy atom. The maximum atomic E-state index is 11.8. The van der Waals surface area contributed by atoms with E-state index in [9.17, 15) is 14.0 Å². The summed E-state index contributed by atoms with van der Waals surface area (Å²) in [6.45, 7) is -0.605. The average Bonchev–Trinajstić information content (AvgIpc) is 2.10. The molecule has 0 saturated heterocycles. The van der Waals surface area contributed by atoms with Crippen molar-refractivity contribution in [2.24, 2.45) is 11.7 Å². The van der Waals surface area contributed by atoms with Crippen LogP contribution in [0.1, 0.15) is 19.3 Å². The lowest BCUT2D eigenvalue weighted by Crippen LogP contribution is -2.34. The molecule has 0 rings (SSSR count). The van der Waals surface area contributed by atoms with Crippen LogP contribution in [-0.4, -0.2) is 34.9 Å². The Balaban J connectivity index is 4.08. The lowest BCUT2D eigenvalue weighted by atomic mass is 9.96. The van der Waals surface area contributed by atoms with Crippen LogP contribution >= 0.6 is 0 Å². The van der Waals surface area contributed by atoms with Crippen LogP contribution in [0.2, 0.25) is 0 Å². The van der Waals surface area contributed by atoms with Gasteiger partial charge in [-0.1, -0.05) is 0 Å². The van der Waals surface area contributed by atoms with Crippen molar-refractivity contribution < 1.29 is 24.2 Å². The molecule has 14 heavy (non-hydrogen) atoms. The quantitative estimate of drug-likeness (QED) is 0.555. The van der Waals surface area contributed by atoms with Crippen molar-refractivity contribution in [2.45, 2.75) is 25.3 Å². The highest BCUT2D eigenvalue weighted by molar-refractivity contribution is 5.75. The summed E-state index contributed by atoms with van der Waals surface area (Å²) in [6.07, 6.45) is 0.0702. The second-order valence-corrected chi connectivity index (χ2v) is 3.05. The van der Waals surface area contributed by atoms with E-state index >= 15 is 0 Å². The average molecular weight is 207 g/mol. The lowest BCUT2D eigenvalue weighted by Gasteiger charge is -2.13. The van der Waals surface area contributed by atoms with Crippen molar-refractivity contribution >= 4 is 11.9 Å². The number of hydrogen-bond acceptors (Lipinski definition) is 3. The molecule has 0 amide bonds. The van der Waals surface area contributed by atoms with Gasteiger partial charge in [0, 0.05) is 0 Å². The van der Waals surface area contributed by atoms with Gasteiger partial charge >= 0.3 is 11.9 Å². The van der Waals surface area contributed by atoms with Crippen molar-refractivity contribution in [3.8, 4) is 0 Å². The van der Waals surface area contributed by atoms with Gasteiger partial charge in [-0.15, -0.1) is 0 Å². The Kier molecular flexibility index (Phi) is 5.78. The van der Waals surface area contributed by atoms with Gasteiger partial charge in [0.25, 0.3) is 0 Å². The molecular weight excluding hydrogens is 193 g/mol. The summed E-state index contributed by atoms with van der Waals surface area (Å²) in [6, 6.07) is -1.20. The predicted molar refractivity (Wildman–Crippen MR) is 46.6 cm³/mol. The summed E-state index contributed by atoms with van der Waals surface area (Å²) in [5, 5.41) is 17.1. The summed E-state index contributed by atoms with van der Waals surface area (Å²) >= 11 is 0. The standard InChI is InChI=1S/C8H14FNO4/c9-3-1-2-5(7(11)12)4-6(10)8(13)14/h5-6H,1-4,10H2,(H,11,12)(H,13,14)/t5-,6-/m0/s1/i9+0. The molecule has 2 atom stereocenters. The summed E-state index contributed by atoms with van der Waals surface area (Å²) in [5.74, 6) is -3.25. The zero-order valence-corrected chi connectivity index (χ0v) is 7.65. The molecule has 0 aromatic carbocycles. The van der Waals surface area contributed by atoms with Gasteiger partial charge in [0.15, 0.2) is 0 Å². The third kappa shape index (κ3) is 4.76. The zero-order valence-electron chi connectivity index (χ0n) is 7.65. The fourth-order valence-corrected chi connectivity index (χ4v) is 1.07. The van der Waals surface area contributed by atoms with E-state index in [2.05, 4.69) is 0 Å². The first-order valence-corrected chi connectivity index (χ1v) is 4.26. The molecule has 0 saturated carbocycles. The predicted octanol–water partition coefficient (Wildman–Crippen LogP) is 0.239. The molecule has 0 heterocycles. The fourth-order valence-electron chi connectivity index (χ4n) is 1.07. The van der Waals surface area contributed by atoms with Crippen LogP contribution in [0.4, 0.5) is 4.39 Å². The minimum Gasteiger partial charge on any atom is -0.481 e. The molecule has 0 aromatic heterocycles. The van der Waals surface area contributed by atoms with E-state index in [1.54, 1.807) is 0 Å². The normalized spacial score (nSPS) is 14.7. The maximum Gasteiger partial charge on any atom is 0.320 e. The molecule has 0 aromatic rings. The molecule has 4 N–H and O–H groups in total. The molecule has 0 radical (unpaired) electrons. The monoisotopic (exact) mass is 207 g/mol. The highest BCUT2D eigenvalue weighted by Gasteiger charge is 2.23. The van der Waals surface area contributed by atoms with Gasteiger partial charge in [0.05, 0.1) is 12.6 Å². The van der Waals surface area contributed by atoms with Crippen molar-refractivity contribution in [2.75, 3.05) is 6.67 Å². The van der Waals surface area contributed by atoms with Gasteiger partial charge in [0.2, 0.25) is 0 Å². The van der Waals surface area contributed by atoms with E-state index in [-0.39, 0.29) is 19.3 Å². The number of aliphatic carboxylic acids is 2. The minimum absolute atomic E-state index is 0.114. The Bertz CT molecular complexity index is 210. The van der Waals surface area contributed by atoms with E-state index < -0.39 is 30.6 Å². The Morgan fingerprint density at radius 2 is 1.86 bits per heavy atom. The number of carbonyl (C=O) groups is 2. The van der Waals surface area contributed by atoms with Crippen LogP contribution < -0.4 is 5.73 Å². The molecule has 0 aliphatic carbocycles. The lowest BCUT2D eigenvalue weighted by molar-refractivity contribution is -0.143. The van der Waals surface area contributed by atoms with E-state index in [1.807, 2.05) is 0 Å². The van der Waals surface area contributed by atoms with Crippen LogP contribution in [0, 0.1) is 5.92 Å². The molecule has 6 heteroatoms. The van der Waals surface area contributed by atoms with Gasteiger partial charge in [-0.05, 0) is 19.3 Å². The first kappa shape index (κ1) is 12.8. The van der Waals surface area contributed by atoms with Crippen molar-refractivity contribution in [1.82, 2.24) is 0 Å². The summed E-state index contributed by atoms with van der Waals surface area (Å²) in [5.41, 5.74) is 5.17. The van der Waals surface area contributed by atoms with Gasteiger partial charge in [-0.3, -0.25) is 14.0 Å². The Hall–Kier alpha value is -1.17. The van der Waals surface area contributed by atoms with Gasteiger partial charge < -0.3 is 15.9 Å². The topological polar surface area (TPSA) is 101 Å². The molecule has 0 fully saturated rings. The molecule has 0 spiro atoms. The van der Waals surface area contributed by atoms with Crippen molar-refractivity contribution in [3.05, 3.63) is 0 Å². The summed E-state index contributed by atoms with van der Waals surface area (Å²) < 4.78 is 11.8. The number of carboxylic acids is 2. The molecule has 0 bridgehead atoms. The summed E-state index contributed by atoms with van der Waals surface area (Å²) in [4.78, 5) is 20.9. The van der Waals surface area contributed by atoms with Gasteiger partial charge in [0.1, 0.15) is 6.04 Å². The van der Waals surface area contributed by atoms with Crippen molar-refractivity contribution in [1.29, 1.82) is 0 Å². The summed E-state index contributed by atoms with van der Waals surface area (Å²) in [7, 11) is 0. The van der Waals surface area contributed by atoms with Crippen LogP contribution in [0.15, 0.2) is 0 Å². The van der Waals surface area contributed by atoms with Gasteiger partial charge in [-0.2, -0.15) is 0 Å². The molecule has 0 unspecified atom stereocenters. The molecule has 82 valence electrons. The Labute approximate surface area is 80.7 Å². The van der Waals surface area contributed by atoms with E-state index in [1.165, 1.54) is 0 Å². The zero-order chi connectivity index (χ0) is 11.1. The molecular formula is C8H14FNO4. The minimum atomic E-state index is -1.24. The largest absolute Gasteiger partial charge is 0.481 e. The highest BCUT2D eigenvalue weighted by atomic mass is 19.1. The number of halogens is 1. The second kappa shape index (κ2) is 6.31. The third-order valence-corrected chi connectivity index (χ3v) is 1.89. The third-order valence-electron chi connectivity index (χ3n) is 1.89. The number of alkyl halides is 1. The highest BCUT2D eigenvalue weighted by Crippen LogP contribution is 2.13. The molecule has 0 aliphatic heterocycles.